The van der Waals surface area contributed by atoms with E-state index >= 15 is 0 Å². The number of amides is 1. The van der Waals surface area contributed by atoms with Crippen molar-refractivity contribution in [2.75, 3.05) is 17.7 Å². The lowest BCUT2D eigenvalue weighted by Gasteiger charge is -2.12. The molecule has 0 heterocycles. The molecule has 4 nitrogen and oxygen atoms in total. The van der Waals surface area contributed by atoms with Crippen LogP contribution >= 0.6 is 0 Å². The first-order chi connectivity index (χ1) is 9.70. The van der Waals surface area contributed by atoms with Crippen LogP contribution in [0.1, 0.15) is 32.3 Å². The normalized spacial score (nSPS) is 11.7. The summed E-state index contributed by atoms with van der Waals surface area (Å²) >= 11 is 0. The molecule has 1 amide bonds. The summed E-state index contributed by atoms with van der Waals surface area (Å²) in [7, 11) is 0. The molecule has 0 aliphatic rings. The van der Waals surface area contributed by atoms with Crippen molar-refractivity contribution in [3.8, 4) is 0 Å². The molecule has 0 aromatic heterocycles. The third-order valence-electron chi connectivity index (χ3n) is 2.64. The summed E-state index contributed by atoms with van der Waals surface area (Å²) < 4.78 is 43.3. The summed E-state index contributed by atoms with van der Waals surface area (Å²) in [5.41, 5.74) is 4.03. The van der Waals surface area contributed by atoms with Crippen molar-refractivity contribution in [2.24, 2.45) is 0 Å². The lowest BCUT2D eigenvalue weighted by molar-refractivity contribution is -0.136. The average molecular weight is 304 g/mol. The minimum atomic E-state index is -4.55. The second-order valence-electron chi connectivity index (χ2n) is 4.87. The highest BCUT2D eigenvalue weighted by molar-refractivity contribution is 5.91. The van der Waals surface area contributed by atoms with E-state index in [9.17, 15) is 18.0 Å². The molecule has 3 N–H and O–H groups in total. The van der Waals surface area contributed by atoms with Gasteiger partial charge in [0.25, 0.3) is 0 Å². The summed E-state index contributed by atoms with van der Waals surface area (Å²) in [5.74, 6) is -0.361. The Morgan fingerprint density at radius 1 is 1.38 bits per heavy atom. The summed E-state index contributed by atoms with van der Waals surface area (Å²) in [6.07, 6.45) is -3.78. The summed E-state index contributed by atoms with van der Waals surface area (Å²) in [5, 5.41) is 2.42. The smallest absolute Gasteiger partial charge is 0.398 e. The van der Waals surface area contributed by atoms with Crippen LogP contribution in [0, 0.1) is 0 Å². The molecule has 1 aromatic carbocycles. The van der Waals surface area contributed by atoms with Crippen LogP contribution in [0.2, 0.25) is 0 Å². The number of nitrogens with two attached hydrogens (primary N) is 1. The molecule has 0 atom stereocenters. The first-order valence-electron chi connectivity index (χ1n) is 6.58. The number of nitrogens with one attached hydrogen (secondary N) is 1. The standard InChI is InChI=1S/C14H19F3N2O2/c1-9(2)21-7-3-4-13(20)19-10-5-6-12(18)11(8-10)14(15,16)17/h5-6,8-9H,3-4,7,18H2,1-2H3,(H,19,20). The molecule has 0 fully saturated rings. The van der Waals surface area contributed by atoms with E-state index in [1.807, 2.05) is 13.8 Å². The zero-order chi connectivity index (χ0) is 16.0. The Bertz CT molecular complexity index is 488. The van der Waals surface area contributed by atoms with Crippen LogP contribution < -0.4 is 11.1 Å². The Hall–Kier alpha value is -1.76. The minimum absolute atomic E-state index is 0.0753. The van der Waals surface area contributed by atoms with Crippen LogP contribution in [0.4, 0.5) is 24.5 Å². The Balaban J connectivity index is 2.57. The van der Waals surface area contributed by atoms with Gasteiger partial charge in [0.1, 0.15) is 0 Å². The number of hydrogen-bond acceptors (Lipinski definition) is 3. The molecule has 0 bridgehead atoms. The highest BCUT2D eigenvalue weighted by Gasteiger charge is 2.33. The largest absolute Gasteiger partial charge is 0.418 e. The van der Waals surface area contributed by atoms with Crippen LogP contribution in [0.5, 0.6) is 0 Å². The van der Waals surface area contributed by atoms with E-state index in [0.717, 1.165) is 12.1 Å². The van der Waals surface area contributed by atoms with Crippen molar-refractivity contribution >= 4 is 17.3 Å². The first-order valence-corrected chi connectivity index (χ1v) is 6.58. The highest BCUT2D eigenvalue weighted by Crippen LogP contribution is 2.35. The van der Waals surface area contributed by atoms with Crippen LogP contribution in [-0.4, -0.2) is 18.6 Å². The van der Waals surface area contributed by atoms with E-state index in [4.69, 9.17) is 10.5 Å². The molecule has 7 heteroatoms. The van der Waals surface area contributed by atoms with Crippen molar-refractivity contribution in [3.05, 3.63) is 23.8 Å². The van der Waals surface area contributed by atoms with Gasteiger partial charge in [-0.05, 0) is 38.5 Å². The summed E-state index contributed by atoms with van der Waals surface area (Å²) in [6, 6.07) is 3.30. The molecule has 118 valence electrons. The van der Waals surface area contributed by atoms with Crippen LogP contribution in [0.15, 0.2) is 18.2 Å². The van der Waals surface area contributed by atoms with Crippen LogP contribution in [-0.2, 0) is 15.7 Å². The summed E-state index contributed by atoms with van der Waals surface area (Å²) in [6.45, 7) is 4.20. The molecule has 0 aliphatic heterocycles. The van der Waals surface area contributed by atoms with Gasteiger partial charge in [0, 0.05) is 24.4 Å². The van der Waals surface area contributed by atoms with E-state index in [1.165, 1.54) is 6.07 Å². The van der Waals surface area contributed by atoms with E-state index in [-0.39, 0.29) is 29.8 Å². The number of benzene rings is 1. The fourth-order valence-electron chi connectivity index (χ4n) is 1.65. The van der Waals surface area contributed by atoms with E-state index in [0.29, 0.717) is 13.0 Å². The SMILES string of the molecule is CC(C)OCCCC(=O)Nc1ccc(N)c(C(F)(F)F)c1. The first kappa shape index (κ1) is 17.3. The topological polar surface area (TPSA) is 64.3 Å². The van der Waals surface area contributed by atoms with Crippen molar-refractivity contribution in [1.82, 2.24) is 0 Å². The lowest BCUT2D eigenvalue weighted by Crippen LogP contribution is -2.15. The fourth-order valence-corrected chi connectivity index (χ4v) is 1.65. The third-order valence-corrected chi connectivity index (χ3v) is 2.64. The minimum Gasteiger partial charge on any atom is -0.398 e. The van der Waals surface area contributed by atoms with E-state index in [2.05, 4.69) is 5.32 Å². The molecule has 21 heavy (non-hydrogen) atoms. The molecule has 0 radical (unpaired) electrons. The maximum atomic E-state index is 12.7. The van der Waals surface area contributed by atoms with Crippen molar-refractivity contribution < 1.29 is 22.7 Å². The number of carbonyl (C=O) groups excluding carboxylic acids is 1. The quantitative estimate of drug-likeness (QED) is 0.625. The summed E-state index contributed by atoms with van der Waals surface area (Å²) in [4.78, 5) is 11.6. The second kappa shape index (κ2) is 7.31. The van der Waals surface area contributed by atoms with Crippen molar-refractivity contribution in [3.63, 3.8) is 0 Å². The highest BCUT2D eigenvalue weighted by atomic mass is 19.4. The number of anilines is 2. The Morgan fingerprint density at radius 2 is 2.05 bits per heavy atom. The molecule has 0 unspecified atom stereocenters. The van der Waals surface area contributed by atoms with Crippen LogP contribution in [0.3, 0.4) is 0 Å². The predicted molar refractivity (Wildman–Crippen MR) is 74.8 cm³/mol. The number of ether oxygens (including phenoxy) is 1. The Labute approximate surface area is 121 Å². The molecule has 0 saturated heterocycles. The average Bonchev–Trinajstić information content (AvgIpc) is 2.35. The maximum absolute atomic E-state index is 12.7. The number of hydrogen-bond donors (Lipinski definition) is 2. The zero-order valence-electron chi connectivity index (χ0n) is 12.0. The molecular formula is C14H19F3N2O2. The maximum Gasteiger partial charge on any atom is 0.418 e. The number of nitrogen functional groups attached to an aromatic ring is 1. The van der Waals surface area contributed by atoms with Crippen molar-refractivity contribution in [1.29, 1.82) is 0 Å². The Kier molecular flexibility index (Phi) is 6.02. The van der Waals surface area contributed by atoms with E-state index < -0.39 is 11.7 Å². The number of alkyl halides is 3. The lowest BCUT2D eigenvalue weighted by atomic mass is 10.1. The number of halogens is 3. The van der Waals surface area contributed by atoms with Gasteiger partial charge in [0.2, 0.25) is 5.91 Å². The van der Waals surface area contributed by atoms with Gasteiger partial charge in [-0.3, -0.25) is 4.79 Å². The van der Waals surface area contributed by atoms with Gasteiger partial charge in [0.15, 0.2) is 0 Å². The van der Waals surface area contributed by atoms with Crippen LogP contribution in [0.25, 0.3) is 0 Å². The van der Waals surface area contributed by atoms with E-state index in [1.54, 1.807) is 0 Å². The van der Waals surface area contributed by atoms with Gasteiger partial charge in [-0.2, -0.15) is 13.2 Å². The van der Waals surface area contributed by atoms with Gasteiger partial charge in [-0.25, -0.2) is 0 Å². The molecule has 0 spiro atoms. The molecular weight excluding hydrogens is 285 g/mol. The van der Waals surface area contributed by atoms with Gasteiger partial charge < -0.3 is 15.8 Å². The van der Waals surface area contributed by atoms with Gasteiger partial charge in [-0.1, -0.05) is 0 Å². The molecule has 1 rings (SSSR count). The molecule has 0 saturated carbocycles. The Morgan fingerprint density at radius 3 is 2.62 bits per heavy atom. The fraction of sp³-hybridized carbons (Fsp3) is 0.500. The third kappa shape index (κ3) is 6.03. The number of carbonyl (C=O) groups is 1. The molecule has 1 aromatic rings. The number of rotatable bonds is 6. The monoisotopic (exact) mass is 304 g/mol. The zero-order valence-corrected chi connectivity index (χ0v) is 12.0. The van der Waals surface area contributed by atoms with Gasteiger partial charge >= 0.3 is 6.18 Å². The van der Waals surface area contributed by atoms with Crippen molar-refractivity contribution in [2.45, 2.75) is 39.0 Å². The second-order valence-corrected chi connectivity index (χ2v) is 4.87. The van der Waals surface area contributed by atoms with Gasteiger partial charge in [-0.15, -0.1) is 0 Å². The molecule has 0 aliphatic carbocycles. The predicted octanol–water partition coefficient (Wildman–Crippen LogP) is 3.43. The van der Waals surface area contributed by atoms with Gasteiger partial charge in [0.05, 0.1) is 11.7 Å².